The minimum atomic E-state index is 0.692. The standard InChI is InChI=1S/C16H20N2O/c1-3-19-14-7-5-13(6-8-14)11-18-16-9-4-12(2)10-15(16)17/h4-10,18H,3,11,17H2,1-2H3. The number of nitrogens with one attached hydrogen (secondary N) is 1. The van der Waals surface area contributed by atoms with Crippen LogP contribution in [0.25, 0.3) is 0 Å². The molecule has 0 atom stereocenters. The third kappa shape index (κ3) is 3.65. The molecule has 19 heavy (non-hydrogen) atoms. The van der Waals surface area contributed by atoms with E-state index in [2.05, 4.69) is 23.5 Å². The van der Waals surface area contributed by atoms with Gasteiger partial charge >= 0.3 is 0 Å². The minimum absolute atomic E-state index is 0.692. The fourth-order valence-electron chi connectivity index (χ4n) is 1.91. The fraction of sp³-hybridized carbons (Fsp3) is 0.250. The summed E-state index contributed by atoms with van der Waals surface area (Å²) in [4.78, 5) is 0. The Balaban J connectivity index is 1.98. The molecule has 0 aliphatic carbocycles. The first kappa shape index (κ1) is 13.3. The molecule has 0 heterocycles. The summed E-state index contributed by atoms with van der Waals surface area (Å²) in [6, 6.07) is 14.1. The van der Waals surface area contributed by atoms with E-state index in [1.165, 1.54) is 11.1 Å². The molecule has 0 bridgehead atoms. The Morgan fingerprint density at radius 2 is 1.84 bits per heavy atom. The van der Waals surface area contributed by atoms with Crippen molar-refractivity contribution in [2.45, 2.75) is 20.4 Å². The predicted molar refractivity (Wildman–Crippen MR) is 80.5 cm³/mol. The summed E-state index contributed by atoms with van der Waals surface area (Å²) in [5, 5.41) is 3.34. The number of benzene rings is 2. The summed E-state index contributed by atoms with van der Waals surface area (Å²) < 4.78 is 5.42. The van der Waals surface area contributed by atoms with Crippen molar-refractivity contribution in [3.8, 4) is 5.75 Å². The molecule has 0 unspecified atom stereocenters. The third-order valence-corrected chi connectivity index (χ3v) is 2.92. The van der Waals surface area contributed by atoms with Gasteiger partial charge in [-0.1, -0.05) is 18.2 Å². The molecule has 2 aromatic rings. The second-order valence-corrected chi connectivity index (χ2v) is 4.52. The Morgan fingerprint density at radius 1 is 1.11 bits per heavy atom. The first-order valence-corrected chi connectivity index (χ1v) is 6.51. The van der Waals surface area contributed by atoms with Crippen molar-refractivity contribution in [1.29, 1.82) is 0 Å². The summed E-state index contributed by atoms with van der Waals surface area (Å²) in [7, 11) is 0. The van der Waals surface area contributed by atoms with Crippen molar-refractivity contribution in [1.82, 2.24) is 0 Å². The maximum Gasteiger partial charge on any atom is 0.119 e. The van der Waals surface area contributed by atoms with Crippen LogP contribution in [0.15, 0.2) is 42.5 Å². The molecule has 3 heteroatoms. The summed E-state index contributed by atoms with van der Waals surface area (Å²) in [6.07, 6.45) is 0. The molecule has 2 rings (SSSR count). The number of nitrogen functional groups attached to an aromatic ring is 1. The van der Waals surface area contributed by atoms with Gasteiger partial charge in [-0.25, -0.2) is 0 Å². The number of nitrogens with two attached hydrogens (primary N) is 1. The van der Waals surface area contributed by atoms with E-state index in [9.17, 15) is 0 Å². The number of hydrogen-bond donors (Lipinski definition) is 2. The molecule has 0 aliphatic rings. The van der Waals surface area contributed by atoms with Crippen molar-refractivity contribution < 1.29 is 4.74 Å². The highest BCUT2D eigenvalue weighted by molar-refractivity contribution is 5.66. The molecule has 0 saturated carbocycles. The molecule has 100 valence electrons. The van der Waals surface area contributed by atoms with E-state index in [0.29, 0.717) is 6.61 Å². The van der Waals surface area contributed by atoms with E-state index in [1.807, 2.05) is 38.1 Å². The summed E-state index contributed by atoms with van der Waals surface area (Å²) in [6.45, 7) is 5.46. The van der Waals surface area contributed by atoms with Gasteiger partial charge < -0.3 is 15.8 Å². The zero-order chi connectivity index (χ0) is 13.7. The maximum atomic E-state index is 5.97. The molecule has 0 fully saturated rings. The topological polar surface area (TPSA) is 47.3 Å². The minimum Gasteiger partial charge on any atom is -0.494 e. The molecule has 0 aliphatic heterocycles. The monoisotopic (exact) mass is 256 g/mol. The zero-order valence-corrected chi connectivity index (χ0v) is 11.4. The van der Waals surface area contributed by atoms with Gasteiger partial charge in [0.25, 0.3) is 0 Å². The number of aryl methyl sites for hydroxylation is 1. The Bertz CT molecular complexity index is 535. The van der Waals surface area contributed by atoms with Crippen LogP contribution in [0.1, 0.15) is 18.1 Å². The lowest BCUT2D eigenvalue weighted by Gasteiger charge is -2.10. The Kier molecular flexibility index (Phi) is 4.29. The summed E-state index contributed by atoms with van der Waals surface area (Å²) >= 11 is 0. The number of anilines is 2. The van der Waals surface area contributed by atoms with Crippen LogP contribution in [-0.2, 0) is 6.54 Å². The third-order valence-electron chi connectivity index (χ3n) is 2.92. The van der Waals surface area contributed by atoms with Gasteiger partial charge in [-0.2, -0.15) is 0 Å². The highest BCUT2D eigenvalue weighted by atomic mass is 16.5. The number of ether oxygens (including phenoxy) is 1. The molecule has 0 spiro atoms. The van der Waals surface area contributed by atoms with Crippen LogP contribution >= 0.6 is 0 Å². The van der Waals surface area contributed by atoms with Crippen molar-refractivity contribution in [3.05, 3.63) is 53.6 Å². The maximum absolute atomic E-state index is 5.97. The Hall–Kier alpha value is -2.16. The molecule has 3 N–H and O–H groups in total. The van der Waals surface area contributed by atoms with Gasteiger partial charge in [0.05, 0.1) is 18.0 Å². The van der Waals surface area contributed by atoms with E-state index < -0.39 is 0 Å². The summed E-state index contributed by atoms with van der Waals surface area (Å²) in [5.74, 6) is 0.904. The van der Waals surface area contributed by atoms with Crippen LogP contribution < -0.4 is 15.8 Å². The smallest absolute Gasteiger partial charge is 0.119 e. The highest BCUT2D eigenvalue weighted by Gasteiger charge is 1.99. The molecule has 0 radical (unpaired) electrons. The highest BCUT2D eigenvalue weighted by Crippen LogP contribution is 2.20. The first-order valence-electron chi connectivity index (χ1n) is 6.51. The van der Waals surface area contributed by atoms with E-state index >= 15 is 0 Å². The van der Waals surface area contributed by atoms with Crippen LogP contribution in [0.5, 0.6) is 5.75 Å². The lowest BCUT2D eigenvalue weighted by molar-refractivity contribution is 0.340. The lowest BCUT2D eigenvalue weighted by atomic mass is 10.1. The lowest BCUT2D eigenvalue weighted by Crippen LogP contribution is -2.02. The molecular formula is C16H20N2O. The molecule has 0 aromatic heterocycles. The predicted octanol–water partition coefficient (Wildman–Crippen LogP) is 3.59. The van der Waals surface area contributed by atoms with Gasteiger partial charge in [-0.05, 0) is 49.2 Å². The molecule has 2 aromatic carbocycles. The molecule has 0 saturated heterocycles. The molecule has 3 nitrogen and oxygen atoms in total. The van der Waals surface area contributed by atoms with E-state index in [1.54, 1.807) is 0 Å². The van der Waals surface area contributed by atoms with Gasteiger partial charge in [0.1, 0.15) is 5.75 Å². The molecule has 0 amide bonds. The number of rotatable bonds is 5. The average molecular weight is 256 g/mol. The van der Waals surface area contributed by atoms with Crippen LogP contribution in [0.2, 0.25) is 0 Å². The second kappa shape index (κ2) is 6.14. The van der Waals surface area contributed by atoms with Gasteiger partial charge in [-0.3, -0.25) is 0 Å². The Labute approximate surface area is 114 Å². The van der Waals surface area contributed by atoms with Crippen molar-refractivity contribution in [2.24, 2.45) is 0 Å². The fourth-order valence-corrected chi connectivity index (χ4v) is 1.91. The van der Waals surface area contributed by atoms with Crippen LogP contribution in [0.3, 0.4) is 0 Å². The Morgan fingerprint density at radius 3 is 2.47 bits per heavy atom. The van der Waals surface area contributed by atoms with Gasteiger partial charge in [-0.15, -0.1) is 0 Å². The number of hydrogen-bond acceptors (Lipinski definition) is 3. The van der Waals surface area contributed by atoms with Crippen molar-refractivity contribution in [2.75, 3.05) is 17.7 Å². The van der Waals surface area contributed by atoms with Crippen LogP contribution in [0, 0.1) is 6.92 Å². The second-order valence-electron chi connectivity index (χ2n) is 4.52. The van der Waals surface area contributed by atoms with E-state index in [4.69, 9.17) is 10.5 Å². The van der Waals surface area contributed by atoms with Gasteiger partial charge in [0, 0.05) is 6.54 Å². The van der Waals surface area contributed by atoms with E-state index in [-0.39, 0.29) is 0 Å². The zero-order valence-electron chi connectivity index (χ0n) is 11.4. The normalized spacial score (nSPS) is 10.2. The SMILES string of the molecule is CCOc1ccc(CNc2ccc(C)cc2N)cc1. The van der Waals surface area contributed by atoms with Crippen LogP contribution in [0.4, 0.5) is 11.4 Å². The quantitative estimate of drug-likeness (QED) is 0.804. The van der Waals surface area contributed by atoms with Gasteiger partial charge in [0.2, 0.25) is 0 Å². The average Bonchev–Trinajstić information content (AvgIpc) is 2.40. The van der Waals surface area contributed by atoms with Gasteiger partial charge in [0.15, 0.2) is 0 Å². The van der Waals surface area contributed by atoms with Crippen molar-refractivity contribution >= 4 is 11.4 Å². The molecular weight excluding hydrogens is 236 g/mol. The first-order chi connectivity index (χ1) is 9.19. The largest absolute Gasteiger partial charge is 0.494 e. The summed E-state index contributed by atoms with van der Waals surface area (Å²) in [5.41, 5.74) is 10.1. The van der Waals surface area contributed by atoms with Crippen LogP contribution in [-0.4, -0.2) is 6.61 Å². The van der Waals surface area contributed by atoms with E-state index in [0.717, 1.165) is 23.7 Å². The van der Waals surface area contributed by atoms with Crippen molar-refractivity contribution in [3.63, 3.8) is 0 Å².